The fourth-order valence-corrected chi connectivity index (χ4v) is 5.03. The first-order chi connectivity index (χ1) is 11.8. The Balaban J connectivity index is 1.35. The van der Waals surface area contributed by atoms with E-state index in [4.69, 9.17) is 4.74 Å². The fraction of sp³-hybridized carbons (Fsp3) is 0.632. The van der Waals surface area contributed by atoms with Gasteiger partial charge in [-0.15, -0.1) is 11.3 Å². The molecule has 24 heavy (non-hydrogen) atoms. The Hall–Kier alpha value is -1.17. The van der Waals surface area contributed by atoms with Crippen molar-refractivity contribution in [2.24, 2.45) is 0 Å². The molecule has 2 fully saturated rings. The zero-order chi connectivity index (χ0) is 16.4. The summed E-state index contributed by atoms with van der Waals surface area (Å²) in [6.07, 6.45) is 8.32. The Morgan fingerprint density at radius 2 is 2.21 bits per heavy atom. The van der Waals surface area contributed by atoms with Crippen LogP contribution in [0, 0.1) is 0 Å². The maximum absolute atomic E-state index is 12.8. The molecule has 5 heteroatoms. The Labute approximate surface area is 148 Å². The fourth-order valence-electron chi connectivity index (χ4n) is 4.23. The molecule has 1 aromatic heterocycles. The largest absolute Gasteiger partial charge is 0.374 e. The first-order valence-electron chi connectivity index (χ1n) is 9.17. The third kappa shape index (κ3) is 3.44. The molecule has 130 valence electrons. The molecule has 2 aliphatic heterocycles. The molecule has 0 N–H and O–H groups in total. The highest BCUT2D eigenvalue weighted by atomic mass is 32.1. The molecule has 1 amide bonds. The number of rotatable bonds is 3. The first kappa shape index (κ1) is 16.3. The number of carbonyl (C=O) groups excluding carboxylic acids is 1. The molecule has 1 saturated carbocycles. The molecular formula is C19H26N2O2S. The van der Waals surface area contributed by atoms with Crippen LogP contribution in [0.1, 0.15) is 37.0 Å². The molecule has 0 aromatic carbocycles. The highest BCUT2D eigenvalue weighted by Gasteiger charge is 2.36. The smallest absolute Gasteiger partial charge is 0.237 e. The van der Waals surface area contributed by atoms with Crippen molar-refractivity contribution in [2.75, 3.05) is 32.8 Å². The summed E-state index contributed by atoms with van der Waals surface area (Å²) in [6.45, 7) is 3.89. The third-order valence-electron chi connectivity index (χ3n) is 5.54. The van der Waals surface area contributed by atoms with Crippen LogP contribution in [0.3, 0.4) is 0 Å². The van der Waals surface area contributed by atoms with Crippen molar-refractivity contribution in [2.45, 2.75) is 44.2 Å². The maximum atomic E-state index is 12.8. The van der Waals surface area contributed by atoms with E-state index in [0.717, 1.165) is 38.9 Å². The van der Waals surface area contributed by atoms with Crippen molar-refractivity contribution >= 4 is 22.8 Å². The van der Waals surface area contributed by atoms with Crippen LogP contribution in [0.5, 0.6) is 0 Å². The van der Waals surface area contributed by atoms with E-state index < -0.39 is 0 Å². The molecule has 1 aromatic rings. The summed E-state index contributed by atoms with van der Waals surface area (Å²) in [7, 11) is 0. The zero-order valence-corrected chi connectivity index (χ0v) is 15.0. The quantitative estimate of drug-likeness (QED) is 0.843. The van der Waals surface area contributed by atoms with E-state index in [2.05, 4.69) is 33.4 Å². The SMILES string of the molecule is O=C(CN1CC=C(c2cccs2)CC1)N1CCOC2CCCCC21. The van der Waals surface area contributed by atoms with Crippen molar-refractivity contribution in [1.82, 2.24) is 9.80 Å². The average molecular weight is 346 g/mol. The van der Waals surface area contributed by atoms with E-state index in [1.807, 2.05) is 0 Å². The van der Waals surface area contributed by atoms with E-state index in [9.17, 15) is 4.79 Å². The Morgan fingerprint density at radius 3 is 3.00 bits per heavy atom. The lowest BCUT2D eigenvalue weighted by Gasteiger charge is -2.44. The molecular weight excluding hydrogens is 320 g/mol. The highest BCUT2D eigenvalue weighted by Crippen LogP contribution is 2.29. The highest BCUT2D eigenvalue weighted by molar-refractivity contribution is 7.11. The molecule has 3 heterocycles. The second-order valence-electron chi connectivity index (χ2n) is 7.04. The molecule has 1 saturated heterocycles. The van der Waals surface area contributed by atoms with Crippen molar-refractivity contribution in [3.05, 3.63) is 28.5 Å². The number of hydrogen-bond donors (Lipinski definition) is 0. The third-order valence-corrected chi connectivity index (χ3v) is 6.49. The van der Waals surface area contributed by atoms with Crippen LogP contribution in [0.15, 0.2) is 23.6 Å². The monoisotopic (exact) mass is 346 g/mol. The van der Waals surface area contributed by atoms with Crippen molar-refractivity contribution in [3.63, 3.8) is 0 Å². The van der Waals surface area contributed by atoms with Gasteiger partial charge in [-0.3, -0.25) is 9.69 Å². The molecule has 0 radical (unpaired) electrons. The molecule has 2 atom stereocenters. The molecule has 0 bridgehead atoms. The van der Waals surface area contributed by atoms with Crippen molar-refractivity contribution < 1.29 is 9.53 Å². The van der Waals surface area contributed by atoms with Crippen LogP contribution in [0.25, 0.3) is 5.57 Å². The predicted octanol–water partition coefficient (Wildman–Crippen LogP) is 3.01. The molecule has 0 spiro atoms. The number of ether oxygens (including phenoxy) is 1. The summed E-state index contributed by atoms with van der Waals surface area (Å²) in [5, 5.41) is 2.13. The summed E-state index contributed by atoms with van der Waals surface area (Å²) in [5.74, 6) is 0.295. The normalized spacial score (nSPS) is 28.3. The van der Waals surface area contributed by atoms with Gasteiger partial charge in [-0.2, -0.15) is 0 Å². The van der Waals surface area contributed by atoms with Gasteiger partial charge in [-0.05, 0) is 36.3 Å². The minimum Gasteiger partial charge on any atom is -0.374 e. The number of fused-ring (bicyclic) bond motifs is 1. The number of amides is 1. The lowest BCUT2D eigenvalue weighted by molar-refractivity contribution is -0.150. The van der Waals surface area contributed by atoms with Gasteiger partial charge in [-0.1, -0.05) is 25.0 Å². The van der Waals surface area contributed by atoms with Gasteiger partial charge in [0.1, 0.15) is 0 Å². The van der Waals surface area contributed by atoms with E-state index in [-0.39, 0.29) is 6.10 Å². The standard InChI is InChI=1S/C19H26N2O2S/c22-19(21-11-12-23-17-5-2-1-4-16(17)21)14-20-9-7-15(8-10-20)18-6-3-13-24-18/h3,6-7,13,16-17H,1-2,4-5,8-12,14H2. The van der Waals surface area contributed by atoms with E-state index >= 15 is 0 Å². The molecule has 4 rings (SSSR count). The Kier molecular flexibility index (Phi) is 5.01. The maximum Gasteiger partial charge on any atom is 0.237 e. The number of hydrogen-bond acceptors (Lipinski definition) is 4. The van der Waals surface area contributed by atoms with Gasteiger partial charge < -0.3 is 9.64 Å². The minimum absolute atomic E-state index is 0.281. The van der Waals surface area contributed by atoms with Crippen LogP contribution in [0.2, 0.25) is 0 Å². The van der Waals surface area contributed by atoms with Gasteiger partial charge >= 0.3 is 0 Å². The van der Waals surface area contributed by atoms with Crippen LogP contribution >= 0.6 is 11.3 Å². The summed E-state index contributed by atoms with van der Waals surface area (Å²) in [6, 6.07) is 4.62. The molecule has 2 unspecified atom stereocenters. The van der Waals surface area contributed by atoms with Gasteiger partial charge in [0.05, 0.1) is 25.3 Å². The van der Waals surface area contributed by atoms with Gasteiger partial charge in [0, 0.05) is 24.5 Å². The van der Waals surface area contributed by atoms with Gasteiger partial charge in [-0.25, -0.2) is 0 Å². The lowest BCUT2D eigenvalue weighted by Crippen LogP contribution is -2.56. The second kappa shape index (κ2) is 7.38. The molecule has 4 nitrogen and oxygen atoms in total. The number of nitrogens with zero attached hydrogens (tertiary/aromatic N) is 2. The molecule has 1 aliphatic carbocycles. The van der Waals surface area contributed by atoms with Gasteiger partial charge in [0.15, 0.2) is 0 Å². The summed E-state index contributed by atoms with van der Waals surface area (Å²) >= 11 is 1.80. The van der Waals surface area contributed by atoms with Crippen molar-refractivity contribution in [3.8, 4) is 0 Å². The molecule has 3 aliphatic rings. The predicted molar refractivity (Wildman–Crippen MR) is 97.1 cm³/mol. The minimum atomic E-state index is 0.281. The summed E-state index contributed by atoms with van der Waals surface area (Å²) in [4.78, 5) is 18.6. The van der Waals surface area contributed by atoms with Gasteiger partial charge in [0.25, 0.3) is 0 Å². The van der Waals surface area contributed by atoms with Crippen LogP contribution in [-0.4, -0.2) is 60.6 Å². The number of carbonyl (C=O) groups is 1. The summed E-state index contributed by atoms with van der Waals surface area (Å²) < 4.78 is 5.89. The first-order valence-corrected chi connectivity index (χ1v) is 10.1. The number of thiophene rings is 1. The Morgan fingerprint density at radius 1 is 1.29 bits per heavy atom. The lowest BCUT2D eigenvalue weighted by atomic mass is 9.90. The van der Waals surface area contributed by atoms with E-state index in [0.29, 0.717) is 25.1 Å². The van der Waals surface area contributed by atoms with E-state index in [1.165, 1.54) is 23.3 Å². The van der Waals surface area contributed by atoms with Gasteiger partial charge in [0.2, 0.25) is 5.91 Å². The Bertz CT molecular complexity index is 597. The zero-order valence-electron chi connectivity index (χ0n) is 14.2. The number of morpholine rings is 1. The van der Waals surface area contributed by atoms with Crippen LogP contribution in [0.4, 0.5) is 0 Å². The van der Waals surface area contributed by atoms with Crippen LogP contribution < -0.4 is 0 Å². The average Bonchev–Trinajstić information content (AvgIpc) is 3.16. The summed E-state index contributed by atoms with van der Waals surface area (Å²) in [5.41, 5.74) is 1.44. The van der Waals surface area contributed by atoms with Crippen molar-refractivity contribution in [1.29, 1.82) is 0 Å². The van der Waals surface area contributed by atoms with Crippen LogP contribution in [-0.2, 0) is 9.53 Å². The van der Waals surface area contributed by atoms with E-state index in [1.54, 1.807) is 11.3 Å². The second-order valence-corrected chi connectivity index (χ2v) is 7.99. The topological polar surface area (TPSA) is 32.8 Å².